The molecule has 1 aliphatic rings. The lowest BCUT2D eigenvalue weighted by molar-refractivity contribution is -0.119. The third-order valence-electron chi connectivity index (χ3n) is 4.21. The van der Waals surface area contributed by atoms with Gasteiger partial charge in [-0.05, 0) is 51.3 Å². The predicted molar refractivity (Wildman–Crippen MR) is 83.9 cm³/mol. The molecular formula is C16H24FN3O. The first-order chi connectivity index (χ1) is 9.88. The van der Waals surface area contributed by atoms with E-state index >= 15 is 0 Å². The standard InChI is InChI=1S/C16H24FN3O/c1-10(2)20(3)15-7-6-13(9-14(15)17)19-16(21)11-4-5-12(18)8-11/h6-7,9-12H,4-5,8,18H2,1-3H3,(H,19,21). The topological polar surface area (TPSA) is 58.4 Å². The maximum absolute atomic E-state index is 14.1. The lowest BCUT2D eigenvalue weighted by atomic mass is 10.1. The van der Waals surface area contributed by atoms with Crippen LogP contribution in [0.15, 0.2) is 18.2 Å². The molecule has 0 saturated heterocycles. The number of nitrogens with zero attached hydrogens (tertiary/aromatic N) is 1. The second-order valence-electron chi connectivity index (χ2n) is 6.13. The molecule has 4 nitrogen and oxygen atoms in total. The quantitative estimate of drug-likeness (QED) is 0.897. The maximum Gasteiger partial charge on any atom is 0.227 e. The average Bonchev–Trinajstić information content (AvgIpc) is 2.85. The van der Waals surface area contributed by atoms with E-state index in [1.807, 2.05) is 25.8 Å². The van der Waals surface area contributed by atoms with Crippen LogP contribution in [-0.2, 0) is 4.79 Å². The highest BCUT2D eigenvalue weighted by atomic mass is 19.1. The number of amides is 1. The van der Waals surface area contributed by atoms with Crippen LogP contribution in [-0.4, -0.2) is 25.0 Å². The van der Waals surface area contributed by atoms with Gasteiger partial charge in [-0.2, -0.15) is 0 Å². The van der Waals surface area contributed by atoms with Crippen LogP contribution < -0.4 is 16.0 Å². The van der Waals surface area contributed by atoms with E-state index in [1.165, 1.54) is 6.07 Å². The van der Waals surface area contributed by atoms with Crippen LogP contribution >= 0.6 is 0 Å². The third-order valence-corrected chi connectivity index (χ3v) is 4.21. The van der Waals surface area contributed by atoms with Gasteiger partial charge in [-0.25, -0.2) is 4.39 Å². The molecule has 0 bridgehead atoms. The molecule has 2 atom stereocenters. The van der Waals surface area contributed by atoms with Gasteiger partial charge in [-0.15, -0.1) is 0 Å². The van der Waals surface area contributed by atoms with Gasteiger partial charge in [0, 0.05) is 30.7 Å². The Kier molecular flexibility index (Phi) is 4.83. The summed E-state index contributed by atoms with van der Waals surface area (Å²) in [4.78, 5) is 14.0. The van der Waals surface area contributed by atoms with Crippen molar-refractivity contribution >= 4 is 17.3 Å². The van der Waals surface area contributed by atoms with Crippen LogP contribution in [0.25, 0.3) is 0 Å². The molecule has 1 amide bonds. The molecule has 0 radical (unpaired) electrons. The van der Waals surface area contributed by atoms with Crippen LogP contribution in [0.1, 0.15) is 33.1 Å². The number of anilines is 2. The molecule has 0 aromatic heterocycles. The minimum atomic E-state index is -0.327. The number of rotatable bonds is 4. The van der Waals surface area contributed by atoms with Gasteiger partial charge >= 0.3 is 0 Å². The van der Waals surface area contributed by atoms with Crippen LogP contribution in [0, 0.1) is 11.7 Å². The molecule has 0 aliphatic heterocycles. The molecule has 1 aromatic carbocycles. The molecule has 21 heavy (non-hydrogen) atoms. The van der Waals surface area contributed by atoms with Crippen molar-refractivity contribution in [3.05, 3.63) is 24.0 Å². The van der Waals surface area contributed by atoms with Gasteiger partial charge in [0.15, 0.2) is 0 Å². The lowest BCUT2D eigenvalue weighted by Gasteiger charge is -2.24. The Morgan fingerprint density at radius 1 is 1.43 bits per heavy atom. The van der Waals surface area contributed by atoms with E-state index in [2.05, 4.69) is 5.32 Å². The largest absolute Gasteiger partial charge is 0.370 e. The zero-order valence-electron chi connectivity index (χ0n) is 12.9. The molecule has 3 N–H and O–H groups in total. The molecule has 1 fully saturated rings. The Morgan fingerprint density at radius 3 is 2.67 bits per heavy atom. The molecule has 116 valence electrons. The fourth-order valence-electron chi connectivity index (χ4n) is 2.65. The van der Waals surface area contributed by atoms with Gasteiger partial charge in [0.25, 0.3) is 0 Å². The highest BCUT2D eigenvalue weighted by molar-refractivity contribution is 5.93. The fourth-order valence-corrected chi connectivity index (χ4v) is 2.65. The monoisotopic (exact) mass is 293 g/mol. The fraction of sp³-hybridized carbons (Fsp3) is 0.562. The van der Waals surface area contributed by atoms with Gasteiger partial charge in [0.2, 0.25) is 5.91 Å². The summed E-state index contributed by atoms with van der Waals surface area (Å²) in [7, 11) is 1.85. The summed E-state index contributed by atoms with van der Waals surface area (Å²) in [5, 5.41) is 2.79. The van der Waals surface area contributed by atoms with Crippen molar-refractivity contribution in [3.8, 4) is 0 Å². The van der Waals surface area contributed by atoms with Crippen molar-refractivity contribution < 1.29 is 9.18 Å². The smallest absolute Gasteiger partial charge is 0.227 e. The summed E-state index contributed by atoms with van der Waals surface area (Å²) in [5.41, 5.74) is 6.85. The van der Waals surface area contributed by atoms with E-state index in [0.29, 0.717) is 17.8 Å². The molecule has 0 heterocycles. The Labute approximate surface area is 125 Å². The number of hydrogen-bond donors (Lipinski definition) is 2. The number of benzene rings is 1. The highest BCUT2D eigenvalue weighted by Crippen LogP contribution is 2.27. The summed E-state index contributed by atoms with van der Waals surface area (Å²) >= 11 is 0. The normalized spacial score (nSPS) is 21.6. The van der Waals surface area contributed by atoms with Crippen molar-refractivity contribution in [1.29, 1.82) is 0 Å². The highest BCUT2D eigenvalue weighted by Gasteiger charge is 2.27. The summed E-state index contributed by atoms with van der Waals surface area (Å²) < 4.78 is 14.1. The molecule has 2 unspecified atom stereocenters. The van der Waals surface area contributed by atoms with Crippen LogP contribution in [0.5, 0.6) is 0 Å². The van der Waals surface area contributed by atoms with E-state index in [9.17, 15) is 9.18 Å². The molecule has 1 aliphatic carbocycles. The van der Waals surface area contributed by atoms with Crippen LogP contribution in [0.2, 0.25) is 0 Å². The molecule has 5 heteroatoms. The van der Waals surface area contributed by atoms with Crippen molar-refractivity contribution in [1.82, 2.24) is 0 Å². The zero-order chi connectivity index (χ0) is 15.6. The van der Waals surface area contributed by atoms with Crippen molar-refractivity contribution in [2.75, 3.05) is 17.3 Å². The maximum atomic E-state index is 14.1. The van der Waals surface area contributed by atoms with Crippen molar-refractivity contribution in [2.24, 2.45) is 11.7 Å². The summed E-state index contributed by atoms with van der Waals surface area (Å²) in [6, 6.07) is 5.13. The second kappa shape index (κ2) is 6.43. The molecule has 0 spiro atoms. The van der Waals surface area contributed by atoms with Gasteiger partial charge < -0.3 is 16.0 Å². The van der Waals surface area contributed by atoms with Gasteiger partial charge in [-0.1, -0.05) is 0 Å². The average molecular weight is 293 g/mol. The summed E-state index contributed by atoms with van der Waals surface area (Å²) in [6.45, 7) is 4.00. The van der Waals surface area contributed by atoms with Gasteiger partial charge in [0.05, 0.1) is 5.69 Å². The van der Waals surface area contributed by atoms with E-state index in [0.717, 1.165) is 12.8 Å². The second-order valence-corrected chi connectivity index (χ2v) is 6.13. The zero-order valence-corrected chi connectivity index (χ0v) is 12.9. The Hall–Kier alpha value is -1.62. The SMILES string of the molecule is CC(C)N(C)c1ccc(NC(=O)C2CCC(N)C2)cc1F. The van der Waals surface area contributed by atoms with Crippen LogP contribution in [0.3, 0.4) is 0 Å². The van der Waals surface area contributed by atoms with E-state index in [1.54, 1.807) is 12.1 Å². The van der Waals surface area contributed by atoms with Crippen LogP contribution in [0.4, 0.5) is 15.8 Å². The first-order valence-corrected chi connectivity index (χ1v) is 7.47. The minimum absolute atomic E-state index is 0.0546. The molecular weight excluding hydrogens is 269 g/mol. The lowest BCUT2D eigenvalue weighted by Crippen LogP contribution is -2.26. The van der Waals surface area contributed by atoms with E-state index in [-0.39, 0.29) is 29.7 Å². The Morgan fingerprint density at radius 2 is 2.14 bits per heavy atom. The summed E-state index contributed by atoms with van der Waals surface area (Å²) in [5.74, 6) is -0.444. The molecule has 1 aromatic rings. The minimum Gasteiger partial charge on any atom is -0.370 e. The van der Waals surface area contributed by atoms with Crippen molar-refractivity contribution in [2.45, 2.75) is 45.2 Å². The van der Waals surface area contributed by atoms with Gasteiger partial charge in [-0.3, -0.25) is 4.79 Å². The molecule has 2 rings (SSSR count). The summed E-state index contributed by atoms with van der Waals surface area (Å²) in [6.07, 6.45) is 2.40. The Balaban J connectivity index is 2.05. The van der Waals surface area contributed by atoms with Crippen molar-refractivity contribution in [3.63, 3.8) is 0 Å². The Bertz CT molecular complexity index is 518. The number of hydrogen-bond acceptors (Lipinski definition) is 3. The number of nitrogens with one attached hydrogen (secondary N) is 1. The number of halogens is 1. The van der Waals surface area contributed by atoms with Gasteiger partial charge in [0.1, 0.15) is 5.82 Å². The van der Waals surface area contributed by atoms with E-state index < -0.39 is 0 Å². The number of nitrogens with two attached hydrogens (primary N) is 1. The first-order valence-electron chi connectivity index (χ1n) is 7.47. The number of carbonyl (C=O) groups excluding carboxylic acids is 1. The molecule has 1 saturated carbocycles. The first kappa shape index (κ1) is 15.8. The predicted octanol–water partition coefficient (Wildman–Crippen LogP) is 2.74. The van der Waals surface area contributed by atoms with E-state index in [4.69, 9.17) is 5.73 Å². The number of carbonyl (C=O) groups is 1. The third kappa shape index (κ3) is 3.73.